The fraction of sp³-hybridized carbons (Fsp3) is 0.417. The first-order chi connectivity index (χ1) is 7.58. The van der Waals surface area contributed by atoms with Crippen LogP contribution in [-0.2, 0) is 11.2 Å². The van der Waals surface area contributed by atoms with Gasteiger partial charge in [0.25, 0.3) is 0 Å². The number of aryl methyl sites for hydroxylation is 2. The molecule has 86 valence electrons. The first kappa shape index (κ1) is 10.9. The summed E-state index contributed by atoms with van der Waals surface area (Å²) in [5.41, 5.74) is 2.28. The van der Waals surface area contributed by atoms with E-state index in [1.165, 1.54) is 6.07 Å². The second-order valence-electron chi connectivity index (χ2n) is 4.17. The minimum absolute atomic E-state index is 0.132. The number of carboxylic acids is 1. The van der Waals surface area contributed by atoms with E-state index >= 15 is 0 Å². The normalized spacial score (nSPS) is 14.8. The molecule has 0 fully saturated rings. The monoisotopic (exact) mass is 223 g/mol. The summed E-state index contributed by atoms with van der Waals surface area (Å²) in [6.07, 6.45) is 1.70. The first-order valence-corrected chi connectivity index (χ1v) is 5.33. The molecule has 1 heterocycles. The molecule has 2 rings (SSSR count). The Labute approximate surface area is 93.5 Å². The highest BCUT2D eigenvalue weighted by Gasteiger charge is 2.22. The molecule has 1 aliphatic rings. The van der Waals surface area contributed by atoms with Gasteiger partial charge in [0.15, 0.2) is 0 Å². The van der Waals surface area contributed by atoms with Crippen molar-refractivity contribution >= 4 is 11.7 Å². The number of hydrogen-bond acceptors (Lipinski definition) is 2. The molecule has 4 heteroatoms. The van der Waals surface area contributed by atoms with E-state index < -0.39 is 5.97 Å². The summed E-state index contributed by atoms with van der Waals surface area (Å²) < 4.78 is 13.8. The Morgan fingerprint density at radius 2 is 2.31 bits per heavy atom. The lowest BCUT2D eigenvalue weighted by molar-refractivity contribution is -0.135. The third-order valence-electron chi connectivity index (χ3n) is 2.80. The molecule has 0 radical (unpaired) electrons. The average molecular weight is 223 g/mol. The van der Waals surface area contributed by atoms with Gasteiger partial charge in [0.2, 0.25) is 0 Å². The van der Waals surface area contributed by atoms with Crippen molar-refractivity contribution < 1.29 is 14.3 Å². The zero-order valence-electron chi connectivity index (χ0n) is 9.16. The Hall–Kier alpha value is -1.58. The summed E-state index contributed by atoms with van der Waals surface area (Å²) >= 11 is 0. The summed E-state index contributed by atoms with van der Waals surface area (Å²) in [5, 5.41) is 8.77. The third-order valence-corrected chi connectivity index (χ3v) is 2.80. The number of hydrogen-bond donors (Lipinski definition) is 1. The van der Waals surface area contributed by atoms with E-state index in [1.807, 2.05) is 13.0 Å². The van der Waals surface area contributed by atoms with Crippen molar-refractivity contribution in [2.75, 3.05) is 18.0 Å². The molecule has 0 unspecified atom stereocenters. The van der Waals surface area contributed by atoms with E-state index in [9.17, 15) is 9.18 Å². The zero-order chi connectivity index (χ0) is 11.7. The van der Waals surface area contributed by atoms with Crippen molar-refractivity contribution in [1.29, 1.82) is 0 Å². The summed E-state index contributed by atoms with van der Waals surface area (Å²) in [6, 6.07) is 3.39. The quantitative estimate of drug-likeness (QED) is 0.833. The Morgan fingerprint density at radius 1 is 1.56 bits per heavy atom. The molecule has 3 nitrogen and oxygen atoms in total. The average Bonchev–Trinajstić information content (AvgIpc) is 2.15. The largest absolute Gasteiger partial charge is 0.480 e. The topological polar surface area (TPSA) is 40.5 Å². The van der Waals surface area contributed by atoms with Gasteiger partial charge in [-0.15, -0.1) is 0 Å². The molecule has 0 aromatic heterocycles. The molecule has 1 N–H and O–H groups in total. The van der Waals surface area contributed by atoms with Gasteiger partial charge in [-0.3, -0.25) is 4.79 Å². The van der Waals surface area contributed by atoms with Crippen LogP contribution in [0.5, 0.6) is 0 Å². The van der Waals surface area contributed by atoms with Crippen LogP contribution >= 0.6 is 0 Å². The number of carbonyl (C=O) groups is 1. The number of rotatable bonds is 2. The van der Waals surface area contributed by atoms with Crippen molar-refractivity contribution in [3.63, 3.8) is 0 Å². The predicted octanol–water partition coefficient (Wildman–Crippen LogP) is 1.97. The molecule has 0 atom stereocenters. The molecule has 0 saturated carbocycles. The summed E-state index contributed by atoms with van der Waals surface area (Å²) in [4.78, 5) is 12.3. The number of carboxylic acid groups (broad SMARTS) is 1. The van der Waals surface area contributed by atoms with Crippen molar-refractivity contribution in [2.45, 2.75) is 19.8 Å². The van der Waals surface area contributed by atoms with Gasteiger partial charge in [0.05, 0.1) is 5.69 Å². The van der Waals surface area contributed by atoms with Gasteiger partial charge in [-0.05, 0) is 37.0 Å². The van der Waals surface area contributed by atoms with Gasteiger partial charge in [-0.25, -0.2) is 4.39 Å². The molecule has 0 bridgehead atoms. The van der Waals surface area contributed by atoms with Crippen LogP contribution < -0.4 is 4.90 Å². The minimum atomic E-state index is -0.923. The lowest BCUT2D eigenvalue weighted by atomic mass is 9.99. The van der Waals surface area contributed by atoms with Crippen LogP contribution in [0.3, 0.4) is 0 Å². The number of anilines is 1. The standard InChI is InChI=1S/C12H14FNO2/c1-8-5-9-3-2-4-14(7-11(15)16)12(9)10(13)6-8/h5-6H,2-4,7H2,1H3,(H,15,16). The Morgan fingerprint density at radius 3 is 3.00 bits per heavy atom. The fourth-order valence-electron chi connectivity index (χ4n) is 2.24. The Kier molecular flexibility index (Phi) is 2.81. The number of benzene rings is 1. The van der Waals surface area contributed by atoms with Crippen molar-refractivity contribution in [2.24, 2.45) is 0 Å². The van der Waals surface area contributed by atoms with Crippen LogP contribution in [0.2, 0.25) is 0 Å². The minimum Gasteiger partial charge on any atom is -0.480 e. The van der Waals surface area contributed by atoms with Crippen LogP contribution in [0.25, 0.3) is 0 Å². The smallest absolute Gasteiger partial charge is 0.323 e. The molecular formula is C12H14FNO2. The van der Waals surface area contributed by atoms with Crippen molar-refractivity contribution in [3.05, 3.63) is 29.1 Å². The van der Waals surface area contributed by atoms with Gasteiger partial charge in [0, 0.05) is 6.54 Å². The van der Waals surface area contributed by atoms with Crippen LogP contribution in [0.1, 0.15) is 17.5 Å². The predicted molar refractivity (Wildman–Crippen MR) is 59.3 cm³/mol. The molecule has 1 aromatic carbocycles. The molecule has 16 heavy (non-hydrogen) atoms. The lowest BCUT2D eigenvalue weighted by Gasteiger charge is -2.30. The second-order valence-corrected chi connectivity index (χ2v) is 4.17. The van der Waals surface area contributed by atoms with E-state index in [0.29, 0.717) is 12.2 Å². The number of nitrogens with zero attached hydrogens (tertiary/aromatic N) is 1. The van der Waals surface area contributed by atoms with Gasteiger partial charge >= 0.3 is 5.97 Å². The van der Waals surface area contributed by atoms with Crippen LogP contribution in [-0.4, -0.2) is 24.2 Å². The molecule has 0 amide bonds. The Bertz CT molecular complexity index is 431. The van der Waals surface area contributed by atoms with E-state index in [-0.39, 0.29) is 12.4 Å². The Balaban J connectivity index is 2.41. The van der Waals surface area contributed by atoms with E-state index in [4.69, 9.17) is 5.11 Å². The molecule has 0 saturated heterocycles. The van der Waals surface area contributed by atoms with Crippen LogP contribution in [0.4, 0.5) is 10.1 Å². The third kappa shape index (κ3) is 2.01. The highest BCUT2D eigenvalue weighted by molar-refractivity contribution is 5.75. The summed E-state index contributed by atoms with van der Waals surface area (Å²) in [5.74, 6) is -1.23. The zero-order valence-corrected chi connectivity index (χ0v) is 9.16. The van der Waals surface area contributed by atoms with Crippen LogP contribution in [0, 0.1) is 12.7 Å². The molecule has 0 spiro atoms. The fourth-order valence-corrected chi connectivity index (χ4v) is 2.24. The first-order valence-electron chi connectivity index (χ1n) is 5.33. The summed E-state index contributed by atoms with van der Waals surface area (Å²) in [6.45, 7) is 2.33. The van der Waals surface area contributed by atoms with Gasteiger partial charge in [-0.1, -0.05) is 6.07 Å². The van der Waals surface area contributed by atoms with E-state index in [0.717, 1.165) is 24.0 Å². The number of aliphatic carboxylic acids is 1. The maximum atomic E-state index is 13.8. The van der Waals surface area contributed by atoms with Crippen LogP contribution in [0.15, 0.2) is 12.1 Å². The molecule has 1 aromatic rings. The molecule has 0 aliphatic carbocycles. The van der Waals surface area contributed by atoms with E-state index in [2.05, 4.69) is 0 Å². The number of halogens is 1. The van der Waals surface area contributed by atoms with E-state index in [1.54, 1.807) is 4.90 Å². The lowest BCUT2D eigenvalue weighted by Crippen LogP contribution is -2.35. The maximum Gasteiger partial charge on any atom is 0.323 e. The number of fused-ring (bicyclic) bond motifs is 1. The SMILES string of the molecule is Cc1cc(F)c2c(c1)CCCN2CC(=O)O. The highest BCUT2D eigenvalue weighted by atomic mass is 19.1. The van der Waals surface area contributed by atoms with Crippen molar-refractivity contribution in [1.82, 2.24) is 0 Å². The maximum absolute atomic E-state index is 13.8. The summed E-state index contributed by atoms with van der Waals surface area (Å²) in [7, 11) is 0. The molecular weight excluding hydrogens is 209 g/mol. The highest BCUT2D eigenvalue weighted by Crippen LogP contribution is 2.30. The van der Waals surface area contributed by atoms with Gasteiger partial charge < -0.3 is 10.0 Å². The van der Waals surface area contributed by atoms with Gasteiger partial charge in [-0.2, -0.15) is 0 Å². The van der Waals surface area contributed by atoms with Gasteiger partial charge in [0.1, 0.15) is 12.4 Å². The second kappa shape index (κ2) is 4.12. The van der Waals surface area contributed by atoms with Crippen molar-refractivity contribution in [3.8, 4) is 0 Å². The molecule has 1 aliphatic heterocycles.